The molecule has 2 unspecified atom stereocenters. The van der Waals surface area contributed by atoms with Crippen molar-refractivity contribution in [2.75, 3.05) is 39.8 Å². The number of methoxy groups -OCH3 is 1. The van der Waals surface area contributed by atoms with Crippen molar-refractivity contribution < 1.29 is 9.53 Å². The molecule has 2 atom stereocenters. The molecule has 0 aliphatic carbocycles. The first kappa shape index (κ1) is 24.0. The molecule has 168 valence electrons. The Morgan fingerprint density at radius 3 is 2.60 bits per heavy atom. The smallest absolute Gasteiger partial charge is 0.221 e. The van der Waals surface area contributed by atoms with E-state index in [1.165, 1.54) is 18.4 Å². The fourth-order valence-electron chi connectivity index (χ4n) is 3.67. The van der Waals surface area contributed by atoms with Gasteiger partial charge in [-0.3, -0.25) is 14.7 Å². The minimum absolute atomic E-state index is 0.0664. The predicted octanol–water partition coefficient (Wildman–Crippen LogP) is 2.69. The molecular formula is C23H39N5O2. The van der Waals surface area contributed by atoms with E-state index in [2.05, 4.69) is 39.9 Å². The van der Waals surface area contributed by atoms with E-state index in [4.69, 9.17) is 9.73 Å². The number of hydrogen-bond acceptors (Lipinski definition) is 4. The molecule has 3 N–H and O–H groups in total. The van der Waals surface area contributed by atoms with Crippen LogP contribution in [0, 0.1) is 0 Å². The number of benzene rings is 1. The largest absolute Gasteiger partial charge is 0.496 e. The number of carbonyl (C=O) groups excluding carboxylic acids is 1. The Hall–Kier alpha value is -2.28. The van der Waals surface area contributed by atoms with E-state index in [1.54, 1.807) is 7.11 Å². The van der Waals surface area contributed by atoms with Gasteiger partial charge in [0, 0.05) is 31.1 Å². The van der Waals surface area contributed by atoms with E-state index in [0.29, 0.717) is 19.5 Å². The molecule has 1 fully saturated rings. The summed E-state index contributed by atoms with van der Waals surface area (Å²) in [7, 11) is 1.72. The molecule has 0 aromatic heterocycles. The second-order valence-electron chi connectivity index (χ2n) is 7.77. The topological polar surface area (TPSA) is 78.0 Å². The van der Waals surface area contributed by atoms with Crippen molar-refractivity contribution >= 4 is 11.9 Å². The highest BCUT2D eigenvalue weighted by molar-refractivity contribution is 5.81. The molecule has 0 spiro atoms. The summed E-state index contributed by atoms with van der Waals surface area (Å²) in [6.07, 6.45) is 3.80. The van der Waals surface area contributed by atoms with Gasteiger partial charge in [-0.25, -0.2) is 0 Å². The van der Waals surface area contributed by atoms with Gasteiger partial charge in [-0.2, -0.15) is 0 Å². The molecule has 1 aromatic rings. The lowest BCUT2D eigenvalue weighted by atomic mass is 10.0. The fourth-order valence-corrected chi connectivity index (χ4v) is 3.67. The highest BCUT2D eigenvalue weighted by atomic mass is 16.5. The maximum atomic E-state index is 12.0. The first-order valence-electron chi connectivity index (χ1n) is 11.3. The lowest BCUT2D eigenvalue weighted by Crippen LogP contribution is -2.41. The highest BCUT2D eigenvalue weighted by Crippen LogP contribution is 2.31. The Kier molecular flexibility index (Phi) is 10.5. The van der Waals surface area contributed by atoms with Crippen molar-refractivity contribution in [1.29, 1.82) is 0 Å². The van der Waals surface area contributed by atoms with Gasteiger partial charge >= 0.3 is 0 Å². The number of amides is 1. The molecule has 7 nitrogen and oxygen atoms in total. The Morgan fingerprint density at radius 2 is 1.93 bits per heavy atom. The zero-order valence-electron chi connectivity index (χ0n) is 19.0. The maximum Gasteiger partial charge on any atom is 0.221 e. The van der Waals surface area contributed by atoms with E-state index >= 15 is 0 Å². The van der Waals surface area contributed by atoms with Gasteiger partial charge in [-0.1, -0.05) is 25.1 Å². The van der Waals surface area contributed by atoms with Crippen LogP contribution in [0.15, 0.2) is 29.3 Å². The Balaban J connectivity index is 2.03. The molecule has 30 heavy (non-hydrogen) atoms. The number of para-hydroxylation sites is 1. The minimum Gasteiger partial charge on any atom is -0.496 e. The van der Waals surface area contributed by atoms with Gasteiger partial charge in [0.2, 0.25) is 5.91 Å². The average molecular weight is 418 g/mol. The van der Waals surface area contributed by atoms with E-state index in [-0.39, 0.29) is 18.0 Å². The van der Waals surface area contributed by atoms with Gasteiger partial charge in [-0.05, 0) is 52.3 Å². The summed E-state index contributed by atoms with van der Waals surface area (Å²) in [5.74, 6) is 1.72. The second kappa shape index (κ2) is 13.1. The van der Waals surface area contributed by atoms with Gasteiger partial charge in [0.15, 0.2) is 5.96 Å². The van der Waals surface area contributed by atoms with Gasteiger partial charge in [0.25, 0.3) is 0 Å². The Morgan fingerprint density at radius 1 is 1.20 bits per heavy atom. The van der Waals surface area contributed by atoms with E-state index in [9.17, 15) is 4.79 Å². The number of nitrogens with one attached hydrogen (secondary N) is 3. The molecule has 1 amide bonds. The molecule has 1 heterocycles. The van der Waals surface area contributed by atoms with Crippen molar-refractivity contribution in [1.82, 2.24) is 20.9 Å². The number of carbonyl (C=O) groups is 1. The van der Waals surface area contributed by atoms with Crippen LogP contribution in [0.5, 0.6) is 5.75 Å². The van der Waals surface area contributed by atoms with Gasteiger partial charge < -0.3 is 20.7 Å². The summed E-state index contributed by atoms with van der Waals surface area (Å²) in [6.45, 7) is 10.3. The quantitative estimate of drug-likeness (QED) is 0.381. The fraction of sp³-hybridized carbons (Fsp3) is 0.652. The number of likely N-dealkylation sites (tertiary alicyclic amines) is 1. The number of guanidine groups is 1. The molecule has 2 rings (SSSR count). The summed E-state index contributed by atoms with van der Waals surface area (Å²) < 4.78 is 5.62. The van der Waals surface area contributed by atoms with Gasteiger partial charge in [0.05, 0.1) is 19.7 Å². The summed E-state index contributed by atoms with van der Waals surface area (Å²) in [6, 6.07) is 8.60. The molecule has 1 aliphatic rings. The van der Waals surface area contributed by atoms with Crippen LogP contribution in [0.2, 0.25) is 0 Å². The van der Waals surface area contributed by atoms with E-state index in [0.717, 1.165) is 37.8 Å². The summed E-state index contributed by atoms with van der Waals surface area (Å²) in [4.78, 5) is 19.4. The number of hydrogen-bond donors (Lipinski definition) is 3. The lowest BCUT2D eigenvalue weighted by Gasteiger charge is -2.28. The average Bonchev–Trinajstić information content (AvgIpc) is 3.28. The molecule has 1 aromatic carbocycles. The highest BCUT2D eigenvalue weighted by Gasteiger charge is 2.25. The SMILES string of the molecule is CCNC(=NCC(c1ccccc1OC)N1CCCC1)NCCC(=O)NC(C)CC. The first-order chi connectivity index (χ1) is 14.6. The molecule has 7 heteroatoms. The van der Waals surface area contributed by atoms with Crippen molar-refractivity contribution in [2.45, 2.75) is 58.5 Å². The van der Waals surface area contributed by atoms with Crippen molar-refractivity contribution in [3.63, 3.8) is 0 Å². The molecule has 0 radical (unpaired) electrons. The van der Waals surface area contributed by atoms with Crippen molar-refractivity contribution in [3.8, 4) is 5.75 Å². The summed E-state index contributed by atoms with van der Waals surface area (Å²) in [5, 5.41) is 9.59. The van der Waals surface area contributed by atoms with E-state index in [1.807, 2.05) is 26.0 Å². The number of nitrogens with zero attached hydrogens (tertiary/aromatic N) is 2. The van der Waals surface area contributed by atoms with Crippen LogP contribution < -0.4 is 20.7 Å². The molecule has 1 saturated heterocycles. The van der Waals surface area contributed by atoms with Crippen molar-refractivity contribution in [2.24, 2.45) is 4.99 Å². The summed E-state index contributed by atoms with van der Waals surface area (Å²) >= 11 is 0. The zero-order chi connectivity index (χ0) is 21.8. The van der Waals surface area contributed by atoms with Crippen molar-refractivity contribution in [3.05, 3.63) is 29.8 Å². The van der Waals surface area contributed by atoms with Crippen LogP contribution in [0.4, 0.5) is 0 Å². The molecule has 0 bridgehead atoms. The normalized spacial score (nSPS) is 16.7. The van der Waals surface area contributed by atoms with Crippen LogP contribution in [0.1, 0.15) is 58.1 Å². The third-order valence-electron chi connectivity index (χ3n) is 5.51. The lowest BCUT2D eigenvalue weighted by molar-refractivity contribution is -0.121. The number of ether oxygens (including phenoxy) is 1. The second-order valence-corrected chi connectivity index (χ2v) is 7.77. The number of rotatable bonds is 11. The van der Waals surface area contributed by atoms with Crippen LogP contribution in [0.25, 0.3) is 0 Å². The minimum atomic E-state index is 0.0664. The number of aliphatic imine (C=N–C) groups is 1. The van der Waals surface area contributed by atoms with E-state index < -0.39 is 0 Å². The molecule has 0 saturated carbocycles. The van der Waals surface area contributed by atoms with Gasteiger partial charge in [0.1, 0.15) is 5.75 Å². The molecule has 1 aliphatic heterocycles. The standard InChI is InChI=1S/C23H39N5O2/c1-5-18(3)27-22(29)13-14-25-23(24-6-2)26-17-20(28-15-9-10-16-28)19-11-7-8-12-21(19)30-4/h7-8,11-12,18,20H,5-6,9-10,13-17H2,1-4H3,(H,27,29)(H2,24,25,26). The third-order valence-corrected chi connectivity index (χ3v) is 5.51. The van der Waals surface area contributed by atoms with Crippen LogP contribution in [-0.2, 0) is 4.79 Å². The maximum absolute atomic E-state index is 12.0. The van der Waals surface area contributed by atoms with Crippen LogP contribution in [-0.4, -0.2) is 62.6 Å². The Labute approximate surface area is 181 Å². The van der Waals surface area contributed by atoms with Gasteiger partial charge in [-0.15, -0.1) is 0 Å². The zero-order valence-corrected chi connectivity index (χ0v) is 19.0. The summed E-state index contributed by atoms with van der Waals surface area (Å²) in [5.41, 5.74) is 1.18. The molecular weight excluding hydrogens is 378 g/mol. The predicted molar refractivity (Wildman–Crippen MR) is 123 cm³/mol. The van der Waals surface area contributed by atoms with Crippen LogP contribution in [0.3, 0.4) is 0 Å². The Bertz CT molecular complexity index is 673. The monoisotopic (exact) mass is 417 g/mol. The first-order valence-corrected chi connectivity index (χ1v) is 11.3. The third kappa shape index (κ3) is 7.52. The van der Waals surface area contributed by atoms with Crippen LogP contribution >= 0.6 is 0 Å².